The number of carbonyl (C=O) groups excluding carboxylic acids is 1. The highest BCUT2D eigenvalue weighted by Crippen LogP contribution is 2.35. The summed E-state index contributed by atoms with van der Waals surface area (Å²) in [4.78, 5) is 21.0. The summed E-state index contributed by atoms with van der Waals surface area (Å²) >= 11 is 9.21. The number of fused-ring (bicyclic) bond motifs is 1. The number of carbonyl (C=O) groups is 1. The van der Waals surface area contributed by atoms with E-state index in [2.05, 4.69) is 23.4 Å². The number of hydrogen-bond donors (Lipinski definition) is 0. The highest BCUT2D eigenvalue weighted by atomic mass is 35.5. The number of amides is 1. The Morgan fingerprint density at radius 2 is 2.11 bits per heavy atom. The molecule has 1 aromatic carbocycles. The van der Waals surface area contributed by atoms with Gasteiger partial charge in [0.05, 0.1) is 18.2 Å². The molecule has 28 heavy (non-hydrogen) atoms. The average Bonchev–Trinajstić information content (AvgIpc) is 3.35. The van der Waals surface area contributed by atoms with Crippen LogP contribution >= 0.6 is 34.3 Å². The molecular formula is C21H21ClN2O2S2. The maximum Gasteiger partial charge on any atom is 0.229 e. The Hall–Kier alpha value is -1.89. The summed E-state index contributed by atoms with van der Waals surface area (Å²) < 4.78 is 5.74. The summed E-state index contributed by atoms with van der Waals surface area (Å²) in [5.74, 6) is 0.905. The first-order valence-corrected chi connectivity index (χ1v) is 11.4. The summed E-state index contributed by atoms with van der Waals surface area (Å²) in [5, 5.41) is 5.64. The lowest BCUT2D eigenvalue weighted by atomic mass is 9.97. The van der Waals surface area contributed by atoms with E-state index in [9.17, 15) is 4.79 Å². The molecule has 0 bridgehead atoms. The fourth-order valence-corrected chi connectivity index (χ4v) is 5.32. The smallest absolute Gasteiger partial charge is 0.229 e. The minimum absolute atomic E-state index is 0.152. The molecule has 1 unspecified atom stereocenters. The van der Waals surface area contributed by atoms with Gasteiger partial charge >= 0.3 is 0 Å². The fourth-order valence-electron chi connectivity index (χ4n) is 3.56. The Balaban J connectivity index is 1.37. The van der Waals surface area contributed by atoms with Gasteiger partial charge in [-0.15, -0.1) is 22.7 Å². The van der Waals surface area contributed by atoms with Crippen molar-refractivity contribution < 1.29 is 9.53 Å². The monoisotopic (exact) mass is 432 g/mol. The van der Waals surface area contributed by atoms with E-state index in [4.69, 9.17) is 16.3 Å². The lowest BCUT2D eigenvalue weighted by Gasteiger charge is -2.35. The quantitative estimate of drug-likeness (QED) is 0.515. The second kappa shape index (κ2) is 8.64. The second-order valence-corrected chi connectivity index (χ2v) is 9.09. The predicted molar refractivity (Wildman–Crippen MR) is 114 cm³/mol. The second-order valence-electron chi connectivity index (χ2n) is 6.71. The zero-order valence-electron chi connectivity index (χ0n) is 15.6. The molecule has 0 N–H and O–H groups in total. The van der Waals surface area contributed by atoms with Crippen LogP contribution in [0.1, 0.15) is 40.5 Å². The standard InChI is InChI=1S/C21H21ClN2O2S2/c1-2-18-17-8-10-27-19(17)7-9-24(18)21(25)11-15-13-28-20(23-15)12-26-16-5-3-14(22)4-6-16/h3-6,8,10,13,18H,2,7,9,11-12H2,1H3. The summed E-state index contributed by atoms with van der Waals surface area (Å²) in [7, 11) is 0. The Morgan fingerprint density at radius 3 is 2.89 bits per heavy atom. The van der Waals surface area contributed by atoms with Gasteiger partial charge in [0.1, 0.15) is 17.4 Å². The molecule has 0 aliphatic carbocycles. The van der Waals surface area contributed by atoms with Gasteiger partial charge in [0.15, 0.2) is 0 Å². The number of aromatic nitrogens is 1. The molecule has 4 rings (SSSR count). The van der Waals surface area contributed by atoms with Crippen molar-refractivity contribution in [3.05, 3.63) is 67.3 Å². The zero-order chi connectivity index (χ0) is 19.5. The van der Waals surface area contributed by atoms with Gasteiger partial charge < -0.3 is 9.64 Å². The summed E-state index contributed by atoms with van der Waals surface area (Å²) in [5.41, 5.74) is 2.14. The van der Waals surface area contributed by atoms with Crippen LogP contribution in [0.25, 0.3) is 0 Å². The topological polar surface area (TPSA) is 42.4 Å². The van der Waals surface area contributed by atoms with Gasteiger partial charge in [0.25, 0.3) is 0 Å². The number of benzene rings is 1. The van der Waals surface area contributed by atoms with Crippen LogP contribution < -0.4 is 4.74 Å². The number of halogens is 1. The molecule has 1 atom stereocenters. The minimum Gasteiger partial charge on any atom is -0.486 e. The van der Waals surface area contributed by atoms with Crippen molar-refractivity contribution >= 4 is 40.2 Å². The number of thiazole rings is 1. The van der Waals surface area contributed by atoms with Crippen molar-refractivity contribution in [3.8, 4) is 5.75 Å². The molecule has 1 aliphatic heterocycles. The first-order valence-electron chi connectivity index (χ1n) is 9.31. The molecule has 4 nitrogen and oxygen atoms in total. The van der Waals surface area contributed by atoms with Crippen LogP contribution in [-0.2, 0) is 24.2 Å². The van der Waals surface area contributed by atoms with Crippen LogP contribution in [0.3, 0.4) is 0 Å². The number of hydrogen-bond acceptors (Lipinski definition) is 5. The van der Waals surface area contributed by atoms with Crippen molar-refractivity contribution in [2.24, 2.45) is 0 Å². The molecule has 0 fully saturated rings. The molecule has 0 radical (unpaired) electrons. The Kier molecular flexibility index (Phi) is 5.99. The molecule has 1 aliphatic rings. The molecule has 1 amide bonds. The highest BCUT2D eigenvalue weighted by Gasteiger charge is 2.30. The van der Waals surface area contributed by atoms with Crippen molar-refractivity contribution in [3.63, 3.8) is 0 Å². The zero-order valence-corrected chi connectivity index (χ0v) is 17.9. The van der Waals surface area contributed by atoms with E-state index >= 15 is 0 Å². The van der Waals surface area contributed by atoms with Crippen LogP contribution in [0.5, 0.6) is 5.75 Å². The number of nitrogens with zero attached hydrogens (tertiary/aromatic N) is 2. The van der Waals surface area contributed by atoms with Gasteiger partial charge in [-0.2, -0.15) is 0 Å². The van der Waals surface area contributed by atoms with Crippen LogP contribution in [-0.4, -0.2) is 22.3 Å². The summed E-state index contributed by atoms with van der Waals surface area (Å²) in [6.07, 6.45) is 2.23. The number of ether oxygens (including phenoxy) is 1. The largest absolute Gasteiger partial charge is 0.486 e. The summed E-state index contributed by atoms with van der Waals surface area (Å²) in [6.45, 7) is 3.33. The van der Waals surface area contributed by atoms with Gasteiger partial charge in [-0.25, -0.2) is 4.98 Å². The fraction of sp³-hybridized carbons (Fsp3) is 0.333. The van der Waals surface area contributed by atoms with Gasteiger partial charge in [-0.3, -0.25) is 4.79 Å². The van der Waals surface area contributed by atoms with Gasteiger partial charge in [-0.05, 0) is 54.1 Å². The molecule has 0 saturated heterocycles. The van der Waals surface area contributed by atoms with E-state index in [0.29, 0.717) is 18.1 Å². The van der Waals surface area contributed by atoms with Crippen LogP contribution in [0.15, 0.2) is 41.1 Å². The third-order valence-corrected chi connectivity index (χ3v) is 7.03. The maximum absolute atomic E-state index is 12.9. The molecule has 0 spiro atoms. The third kappa shape index (κ3) is 4.24. The molecule has 3 heterocycles. The first-order chi connectivity index (χ1) is 13.6. The van der Waals surface area contributed by atoms with Crippen molar-refractivity contribution in [2.45, 2.75) is 38.8 Å². The highest BCUT2D eigenvalue weighted by molar-refractivity contribution is 7.10. The molecule has 146 valence electrons. The Morgan fingerprint density at radius 1 is 1.29 bits per heavy atom. The normalized spacial score (nSPS) is 16.1. The number of rotatable bonds is 6. The Bertz CT molecular complexity index is 951. The summed E-state index contributed by atoms with van der Waals surface area (Å²) in [6, 6.07) is 9.62. The van der Waals surface area contributed by atoms with Crippen LogP contribution in [0, 0.1) is 0 Å². The Labute approximate surface area is 177 Å². The van der Waals surface area contributed by atoms with E-state index in [-0.39, 0.29) is 11.9 Å². The molecule has 7 heteroatoms. The molecule has 0 saturated carbocycles. The average molecular weight is 433 g/mol. The van der Waals surface area contributed by atoms with Crippen LogP contribution in [0.2, 0.25) is 5.02 Å². The lowest BCUT2D eigenvalue weighted by Crippen LogP contribution is -2.40. The van der Waals surface area contributed by atoms with Gasteiger partial charge in [0, 0.05) is 21.8 Å². The van der Waals surface area contributed by atoms with E-state index in [1.807, 2.05) is 22.4 Å². The van der Waals surface area contributed by atoms with Crippen LogP contribution in [0.4, 0.5) is 0 Å². The molecular weight excluding hydrogens is 412 g/mol. The van der Waals surface area contributed by atoms with Crippen molar-refractivity contribution in [1.82, 2.24) is 9.88 Å². The van der Waals surface area contributed by atoms with Crippen molar-refractivity contribution in [1.29, 1.82) is 0 Å². The predicted octanol–water partition coefficient (Wildman–Crippen LogP) is 5.52. The molecule has 2 aromatic heterocycles. The van der Waals surface area contributed by atoms with Gasteiger partial charge in [-0.1, -0.05) is 18.5 Å². The van der Waals surface area contributed by atoms with E-state index in [0.717, 1.165) is 35.8 Å². The first kappa shape index (κ1) is 19.4. The van der Waals surface area contributed by atoms with E-state index in [1.54, 1.807) is 23.5 Å². The SMILES string of the molecule is CCC1c2ccsc2CCN1C(=O)Cc1csc(COc2ccc(Cl)cc2)n1. The van der Waals surface area contributed by atoms with Crippen molar-refractivity contribution in [2.75, 3.05) is 6.54 Å². The number of thiophene rings is 1. The molecule has 3 aromatic rings. The minimum atomic E-state index is 0.152. The lowest BCUT2D eigenvalue weighted by molar-refractivity contribution is -0.133. The third-order valence-electron chi connectivity index (χ3n) is 4.91. The van der Waals surface area contributed by atoms with E-state index < -0.39 is 0 Å². The van der Waals surface area contributed by atoms with E-state index in [1.165, 1.54) is 21.8 Å². The maximum atomic E-state index is 12.9. The van der Waals surface area contributed by atoms with Gasteiger partial charge in [0.2, 0.25) is 5.91 Å².